The fourth-order valence-electron chi connectivity index (χ4n) is 2.33. The van der Waals surface area contributed by atoms with Gasteiger partial charge in [0.1, 0.15) is 0 Å². The molecule has 1 aromatic carbocycles. The summed E-state index contributed by atoms with van der Waals surface area (Å²) in [5, 5.41) is 9.68. The maximum absolute atomic E-state index is 12.0. The lowest BCUT2D eigenvalue weighted by atomic mass is 10.1. The first-order valence-corrected chi connectivity index (χ1v) is 8.58. The van der Waals surface area contributed by atoms with Gasteiger partial charge in [-0.1, -0.05) is 16.8 Å². The second-order valence-corrected chi connectivity index (χ2v) is 6.49. The molecule has 0 aliphatic heterocycles. The topological polar surface area (TPSA) is 97.1 Å². The van der Waals surface area contributed by atoms with Gasteiger partial charge < -0.3 is 15.2 Å². The average Bonchev–Trinajstić information content (AvgIpc) is 3.27. The maximum atomic E-state index is 12.0. The zero-order chi connectivity index (χ0) is 17.8. The quantitative estimate of drug-likeness (QED) is 0.789. The molecule has 132 valence electrons. The first-order valence-electron chi connectivity index (χ1n) is 8.21. The highest BCUT2D eigenvalue weighted by atomic mass is 35.5. The van der Waals surface area contributed by atoms with Crippen molar-refractivity contribution in [3.8, 4) is 0 Å². The minimum atomic E-state index is -0.180. The molecule has 8 heteroatoms. The molecule has 2 aromatic rings. The Morgan fingerprint density at radius 2 is 2.16 bits per heavy atom. The van der Waals surface area contributed by atoms with E-state index in [4.69, 9.17) is 16.1 Å². The molecule has 1 fully saturated rings. The van der Waals surface area contributed by atoms with Gasteiger partial charge in [-0.3, -0.25) is 9.59 Å². The van der Waals surface area contributed by atoms with E-state index in [0.29, 0.717) is 47.3 Å². The number of hydrogen-bond acceptors (Lipinski definition) is 5. The summed E-state index contributed by atoms with van der Waals surface area (Å²) in [4.78, 5) is 28.1. The van der Waals surface area contributed by atoms with Crippen LogP contribution in [0.5, 0.6) is 0 Å². The van der Waals surface area contributed by atoms with Crippen LogP contribution in [0.15, 0.2) is 22.7 Å². The Labute approximate surface area is 150 Å². The summed E-state index contributed by atoms with van der Waals surface area (Å²) in [7, 11) is 0. The molecular weight excluding hydrogens is 344 g/mol. The molecule has 1 aliphatic carbocycles. The molecule has 1 aromatic heterocycles. The van der Waals surface area contributed by atoms with E-state index in [0.717, 1.165) is 12.8 Å². The van der Waals surface area contributed by atoms with Crippen LogP contribution >= 0.6 is 11.6 Å². The zero-order valence-corrected chi connectivity index (χ0v) is 14.6. The molecule has 0 radical (unpaired) electrons. The van der Waals surface area contributed by atoms with Crippen molar-refractivity contribution in [2.24, 2.45) is 0 Å². The van der Waals surface area contributed by atoms with Crippen LogP contribution in [-0.4, -0.2) is 28.0 Å². The van der Waals surface area contributed by atoms with E-state index < -0.39 is 0 Å². The number of aromatic nitrogens is 2. The van der Waals surface area contributed by atoms with Crippen molar-refractivity contribution >= 4 is 29.1 Å². The van der Waals surface area contributed by atoms with Crippen molar-refractivity contribution in [1.82, 2.24) is 15.5 Å². The van der Waals surface area contributed by atoms with E-state index in [1.165, 1.54) is 0 Å². The summed E-state index contributed by atoms with van der Waals surface area (Å²) in [6, 6.07) is 5.15. The van der Waals surface area contributed by atoms with E-state index in [2.05, 4.69) is 20.8 Å². The second kappa shape index (κ2) is 7.65. The Kier molecular flexibility index (Phi) is 5.33. The second-order valence-electron chi connectivity index (χ2n) is 6.08. The summed E-state index contributed by atoms with van der Waals surface area (Å²) in [6.45, 7) is 1.75. The molecular formula is C17H19ClN4O3. The van der Waals surface area contributed by atoms with Crippen LogP contribution in [0.3, 0.4) is 0 Å². The van der Waals surface area contributed by atoms with E-state index in [1.54, 1.807) is 25.1 Å². The van der Waals surface area contributed by atoms with Gasteiger partial charge in [0.2, 0.25) is 11.8 Å². The van der Waals surface area contributed by atoms with E-state index in [9.17, 15) is 9.59 Å². The average molecular weight is 363 g/mol. The van der Waals surface area contributed by atoms with Crippen molar-refractivity contribution in [2.75, 3.05) is 5.32 Å². The third-order valence-electron chi connectivity index (χ3n) is 3.77. The lowest BCUT2D eigenvalue weighted by Crippen LogP contribution is -2.25. The molecule has 1 saturated carbocycles. The number of halogens is 1. The van der Waals surface area contributed by atoms with Crippen LogP contribution in [0, 0.1) is 6.92 Å². The van der Waals surface area contributed by atoms with Gasteiger partial charge in [-0.05, 0) is 44.4 Å². The summed E-state index contributed by atoms with van der Waals surface area (Å²) in [5.74, 6) is 0.794. The van der Waals surface area contributed by atoms with Crippen LogP contribution in [0.1, 0.15) is 47.8 Å². The molecule has 1 heterocycles. The fourth-order valence-corrected chi connectivity index (χ4v) is 2.60. The lowest BCUT2D eigenvalue weighted by molar-refractivity contribution is -0.116. The molecule has 0 bridgehead atoms. The molecule has 0 unspecified atom stereocenters. The molecule has 7 nitrogen and oxygen atoms in total. The highest BCUT2D eigenvalue weighted by Gasteiger charge is 2.24. The lowest BCUT2D eigenvalue weighted by Gasteiger charge is -2.09. The Balaban J connectivity index is 1.48. The minimum absolute atomic E-state index is 0.137. The van der Waals surface area contributed by atoms with Gasteiger partial charge in [-0.2, -0.15) is 4.98 Å². The Morgan fingerprint density at radius 3 is 2.80 bits per heavy atom. The molecule has 1 aliphatic rings. The molecule has 3 rings (SSSR count). The summed E-state index contributed by atoms with van der Waals surface area (Å²) < 4.78 is 5.00. The Hall–Kier alpha value is -2.41. The van der Waals surface area contributed by atoms with Gasteiger partial charge in [-0.25, -0.2) is 0 Å². The van der Waals surface area contributed by atoms with Crippen molar-refractivity contribution in [3.63, 3.8) is 0 Å². The van der Waals surface area contributed by atoms with Crippen molar-refractivity contribution in [3.05, 3.63) is 40.5 Å². The van der Waals surface area contributed by atoms with Gasteiger partial charge in [0.05, 0.1) is 10.6 Å². The smallest absolute Gasteiger partial charge is 0.253 e. The Bertz CT molecular complexity index is 786. The molecule has 2 amide bonds. The van der Waals surface area contributed by atoms with Gasteiger partial charge >= 0.3 is 0 Å². The van der Waals surface area contributed by atoms with Crippen LogP contribution < -0.4 is 10.6 Å². The number of carbonyl (C=O) groups is 2. The highest BCUT2D eigenvalue weighted by Crippen LogP contribution is 2.24. The van der Waals surface area contributed by atoms with E-state index in [-0.39, 0.29) is 17.9 Å². The number of carbonyl (C=O) groups excluding carboxylic acids is 2. The normalized spacial score (nSPS) is 13.5. The molecule has 2 N–H and O–H groups in total. The molecule has 0 saturated heterocycles. The van der Waals surface area contributed by atoms with Crippen molar-refractivity contribution < 1.29 is 14.1 Å². The van der Waals surface area contributed by atoms with E-state index in [1.807, 2.05) is 0 Å². The molecule has 0 spiro atoms. The number of amides is 2. The van der Waals surface area contributed by atoms with Crippen molar-refractivity contribution in [1.29, 1.82) is 0 Å². The van der Waals surface area contributed by atoms with Gasteiger partial charge in [-0.15, -0.1) is 0 Å². The zero-order valence-electron chi connectivity index (χ0n) is 13.8. The molecule has 0 atom stereocenters. The maximum Gasteiger partial charge on any atom is 0.253 e. The number of hydrogen-bond donors (Lipinski definition) is 2. The summed E-state index contributed by atoms with van der Waals surface area (Å²) >= 11 is 6.16. The number of anilines is 1. The number of aryl methyl sites for hydroxylation is 2. The first-order chi connectivity index (χ1) is 12.0. The van der Waals surface area contributed by atoms with Crippen LogP contribution in [-0.2, 0) is 11.2 Å². The molecule has 25 heavy (non-hydrogen) atoms. The summed E-state index contributed by atoms with van der Waals surface area (Å²) in [6.07, 6.45) is 3.50. The van der Waals surface area contributed by atoms with Crippen LogP contribution in [0.2, 0.25) is 5.02 Å². The SMILES string of the molecule is Cc1noc(CCCC(=O)Nc2ccc(C(=O)NC3CC3)c(Cl)c2)n1. The number of rotatable bonds is 7. The number of nitrogens with one attached hydrogen (secondary N) is 2. The third-order valence-corrected chi connectivity index (χ3v) is 4.09. The number of nitrogens with zero attached hydrogens (tertiary/aromatic N) is 2. The van der Waals surface area contributed by atoms with Crippen LogP contribution in [0.25, 0.3) is 0 Å². The fraction of sp³-hybridized carbons (Fsp3) is 0.412. The van der Waals surface area contributed by atoms with Gasteiger partial charge in [0.25, 0.3) is 5.91 Å². The standard InChI is InChI=1S/C17H19ClN4O3/c1-10-19-16(25-22-10)4-2-3-15(23)20-12-7-8-13(14(18)9-12)17(24)21-11-5-6-11/h7-9,11H,2-6H2,1H3,(H,20,23)(H,21,24). The first kappa shape index (κ1) is 17.4. The van der Waals surface area contributed by atoms with E-state index >= 15 is 0 Å². The number of benzene rings is 1. The highest BCUT2D eigenvalue weighted by molar-refractivity contribution is 6.34. The minimum Gasteiger partial charge on any atom is -0.349 e. The summed E-state index contributed by atoms with van der Waals surface area (Å²) in [5.41, 5.74) is 0.977. The predicted molar refractivity (Wildman–Crippen MR) is 92.5 cm³/mol. The van der Waals surface area contributed by atoms with Crippen molar-refractivity contribution in [2.45, 2.75) is 45.1 Å². The monoisotopic (exact) mass is 362 g/mol. The Morgan fingerprint density at radius 1 is 1.36 bits per heavy atom. The third kappa shape index (κ3) is 5.03. The van der Waals surface area contributed by atoms with Gasteiger partial charge in [0, 0.05) is 24.6 Å². The van der Waals surface area contributed by atoms with Crippen LogP contribution in [0.4, 0.5) is 5.69 Å². The van der Waals surface area contributed by atoms with Gasteiger partial charge in [0.15, 0.2) is 5.82 Å². The predicted octanol–water partition coefficient (Wildman–Crippen LogP) is 2.89. The largest absolute Gasteiger partial charge is 0.349 e.